The topological polar surface area (TPSA) is 81.8 Å². The number of alkyl halides is 2. The lowest BCUT2D eigenvalue weighted by Crippen LogP contribution is -2.54. The molecule has 2 atom stereocenters. The van der Waals surface area contributed by atoms with Crippen molar-refractivity contribution < 1.29 is 18.3 Å². The fraction of sp³-hybridized carbons (Fsp3) is 0.576. The summed E-state index contributed by atoms with van der Waals surface area (Å²) < 4.78 is 34.5. The lowest BCUT2D eigenvalue weighted by molar-refractivity contribution is 0.0311. The summed E-state index contributed by atoms with van der Waals surface area (Å²) in [6.07, 6.45) is 10.7. The highest BCUT2D eigenvalue weighted by atomic mass is 31.0. The van der Waals surface area contributed by atoms with Crippen molar-refractivity contribution in [1.29, 1.82) is 5.26 Å². The Morgan fingerprint density at radius 2 is 1.95 bits per heavy atom. The quantitative estimate of drug-likeness (QED) is 0.142. The second-order valence-corrected chi connectivity index (χ2v) is 11.2. The Bertz CT molecular complexity index is 1200. The largest absolute Gasteiger partial charge is 0.446 e. The smallest absolute Gasteiger partial charge is 0.410 e. The molecule has 0 aliphatic carbocycles. The maximum atomic E-state index is 14.4. The number of piperazine rings is 1. The number of carbonyl (C=O) groups is 1. The van der Waals surface area contributed by atoms with Crippen molar-refractivity contribution >= 4 is 21.0 Å². The predicted molar refractivity (Wildman–Crippen MR) is 175 cm³/mol. The van der Waals surface area contributed by atoms with Gasteiger partial charge in [0, 0.05) is 66.3 Å². The van der Waals surface area contributed by atoms with E-state index in [-0.39, 0.29) is 23.8 Å². The van der Waals surface area contributed by atoms with Gasteiger partial charge in [-0.3, -0.25) is 9.98 Å². The number of aliphatic imine (C=N–C) groups is 1. The first-order valence-corrected chi connectivity index (χ1v) is 15.8. The van der Waals surface area contributed by atoms with Crippen molar-refractivity contribution in [2.45, 2.75) is 105 Å². The number of hydrogen-bond donors (Lipinski definition) is 0. The number of hydrogen-bond acceptors (Lipinski definition) is 6. The maximum absolute atomic E-state index is 14.4. The first-order valence-electron chi connectivity index (χ1n) is 15.2. The summed E-state index contributed by atoms with van der Waals surface area (Å²) >= 11 is 0. The van der Waals surface area contributed by atoms with Crippen LogP contribution in [0.5, 0.6) is 0 Å². The van der Waals surface area contributed by atoms with Crippen LogP contribution < -0.4 is 0 Å². The number of nitriles is 1. The van der Waals surface area contributed by atoms with Gasteiger partial charge in [-0.05, 0) is 65.5 Å². The van der Waals surface area contributed by atoms with Crippen LogP contribution in [0.4, 0.5) is 13.6 Å². The molecule has 1 amide bonds. The molecule has 2 rings (SSSR count). The Morgan fingerprint density at radius 1 is 1.28 bits per heavy atom. The Hall–Kier alpha value is -3.11. The van der Waals surface area contributed by atoms with Crippen molar-refractivity contribution in [3.63, 3.8) is 0 Å². The number of carbonyl (C=O) groups excluding carboxylic acids is 1. The monoisotopic (exact) mass is 617 g/mol. The molecule has 10 heteroatoms. The summed E-state index contributed by atoms with van der Waals surface area (Å²) in [5.41, 5.74) is 0.248. The molecule has 0 saturated carbocycles. The third-order valence-corrected chi connectivity index (χ3v) is 7.53. The molecule has 1 aromatic heterocycles. The molecular weight excluding hydrogens is 567 g/mol. The molecule has 0 radical (unpaired) electrons. The molecule has 0 N–H and O–H groups in total. The van der Waals surface area contributed by atoms with Crippen LogP contribution in [0.1, 0.15) is 92.3 Å². The van der Waals surface area contributed by atoms with Crippen LogP contribution in [0, 0.1) is 11.3 Å². The molecule has 1 aliphatic heterocycles. The number of allylic oxidation sites excluding steroid dienone is 5. The third kappa shape index (κ3) is 12.2. The molecule has 1 saturated heterocycles. The molecule has 7 nitrogen and oxygen atoms in total. The fourth-order valence-corrected chi connectivity index (χ4v) is 5.10. The van der Waals surface area contributed by atoms with E-state index in [2.05, 4.69) is 27.9 Å². The van der Waals surface area contributed by atoms with Crippen LogP contribution in [0.15, 0.2) is 58.5 Å². The minimum atomic E-state index is -3.08. The van der Waals surface area contributed by atoms with Crippen LogP contribution in [0.25, 0.3) is 0 Å². The highest BCUT2D eigenvalue weighted by Crippen LogP contribution is 2.38. The van der Waals surface area contributed by atoms with Crippen molar-refractivity contribution in [2.24, 2.45) is 4.99 Å². The number of rotatable bonds is 11. The van der Waals surface area contributed by atoms with E-state index in [4.69, 9.17) is 10.00 Å². The summed E-state index contributed by atoms with van der Waals surface area (Å²) in [5.74, 6) is 0. The standard InChI is InChI=1S/C24H40F2N3O2P.C9H10N2/c1-8-12-13-27-18(6)22(21(11-4)24(25,26)32)19(7)28-14-15-29(17(5)16-28)23(30)31-20(9-2)10-3;1-2-3-9-6-8(7-10)4-5-11-9/h11-13,17,20H,8-10,14-16,32H2,1-7H3;4-6H,2-3H2,1H3/b13-12+,21-11+,22-19-,27-18+;. The van der Waals surface area contributed by atoms with Gasteiger partial charge in [-0.2, -0.15) is 14.0 Å². The van der Waals surface area contributed by atoms with Crippen LogP contribution >= 0.6 is 9.24 Å². The van der Waals surface area contributed by atoms with E-state index in [1.165, 1.54) is 6.08 Å². The van der Waals surface area contributed by atoms with Gasteiger partial charge in [-0.25, -0.2) is 4.79 Å². The van der Waals surface area contributed by atoms with E-state index in [1.54, 1.807) is 46.5 Å². The van der Waals surface area contributed by atoms with Crippen LogP contribution in [-0.2, 0) is 11.2 Å². The maximum Gasteiger partial charge on any atom is 0.410 e. The highest BCUT2D eigenvalue weighted by Gasteiger charge is 2.35. The van der Waals surface area contributed by atoms with Gasteiger partial charge < -0.3 is 14.5 Å². The van der Waals surface area contributed by atoms with Gasteiger partial charge in [-0.15, -0.1) is 0 Å². The van der Waals surface area contributed by atoms with E-state index in [1.807, 2.05) is 46.8 Å². The van der Waals surface area contributed by atoms with Crippen LogP contribution in [0.2, 0.25) is 0 Å². The predicted octanol–water partition coefficient (Wildman–Crippen LogP) is 8.30. The molecule has 1 fully saturated rings. The van der Waals surface area contributed by atoms with Gasteiger partial charge in [0.1, 0.15) is 6.10 Å². The van der Waals surface area contributed by atoms with Gasteiger partial charge in [0.2, 0.25) is 0 Å². The van der Waals surface area contributed by atoms with E-state index in [0.29, 0.717) is 36.5 Å². The van der Waals surface area contributed by atoms with Gasteiger partial charge in [0.05, 0.1) is 11.6 Å². The Morgan fingerprint density at radius 3 is 2.47 bits per heavy atom. The van der Waals surface area contributed by atoms with Crippen molar-refractivity contribution in [2.75, 3.05) is 19.6 Å². The normalized spacial score (nSPS) is 17.0. The van der Waals surface area contributed by atoms with Crippen molar-refractivity contribution in [3.8, 4) is 6.07 Å². The minimum Gasteiger partial charge on any atom is -0.446 e. The van der Waals surface area contributed by atoms with Crippen LogP contribution in [-0.4, -0.2) is 64.0 Å². The third-order valence-electron chi connectivity index (χ3n) is 7.22. The van der Waals surface area contributed by atoms with Gasteiger partial charge >= 0.3 is 6.09 Å². The van der Waals surface area contributed by atoms with Crippen molar-refractivity contribution in [3.05, 3.63) is 64.8 Å². The number of pyridine rings is 1. The summed E-state index contributed by atoms with van der Waals surface area (Å²) in [4.78, 5) is 24.9. The van der Waals surface area contributed by atoms with Gasteiger partial charge in [0.25, 0.3) is 5.66 Å². The number of aryl methyl sites for hydroxylation is 1. The van der Waals surface area contributed by atoms with E-state index >= 15 is 0 Å². The molecule has 0 aromatic carbocycles. The summed E-state index contributed by atoms with van der Waals surface area (Å²) in [6.45, 7) is 16.8. The molecule has 2 heterocycles. The summed E-state index contributed by atoms with van der Waals surface area (Å²) in [7, 11) is 1.63. The second kappa shape index (κ2) is 19.2. The lowest BCUT2D eigenvalue weighted by Gasteiger charge is -2.42. The molecule has 2 unspecified atom stereocenters. The molecule has 238 valence electrons. The second-order valence-electron chi connectivity index (χ2n) is 10.5. The fourth-order valence-electron chi connectivity index (χ4n) is 4.79. The zero-order chi connectivity index (χ0) is 32.6. The lowest BCUT2D eigenvalue weighted by atomic mass is 9.98. The number of nitrogens with zero attached hydrogens (tertiary/aromatic N) is 5. The van der Waals surface area contributed by atoms with Gasteiger partial charge in [-0.1, -0.05) is 55.5 Å². The van der Waals surface area contributed by atoms with Gasteiger partial charge in [0.15, 0.2) is 0 Å². The minimum absolute atomic E-state index is 0.0747. The molecule has 43 heavy (non-hydrogen) atoms. The first kappa shape index (κ1) is 37.9. The number of ether oxygens (including phenoxy) is 1. The molecule has 0 bridgehead atoms. The molecular formula is C33H50F2N5O2P. The van der Waals surface area contributed by atoms with E-state index in [0.717, 1.165) is 43.5 Å². The van der Waals surface area contributed by atoms with E-state index < -0.39 is 5.66 Å². The highest BCUT2D eigenvalue weighted by molar-refractivity contribution is 7.18. The number of halogens is 2. The summed E-state index contributed by atoms with van der Waals surface area (Å²) in [6, 6.07) is 5.54. The number of aromatic nitrogens is 1. The number of amides is 1. The summed E-state index contributed by atoms with van der Waals surface area (Å²) in [5, 5.41) is 8.55. The van der Waals surface area contributed by atoms with Crippen molar-refractivity contribution in [1.82, 2.24) is 14.8 Å². The van der Waals surface area contributed by atoms with E-state index in [9.17, 15) is 13.6 Å². The zero-order valence-corrected chi connectivity index (χ0v) is 28.3. The Labute approximate surface area is 260 Å². The Kier molecular flexibility index (Phi) is 17.0. The average Bonchev–Trinajstić information content (AvgIpc) is 2.98. The molecule has 1 aliphatic rings. The zero-order valence-electron chi connectivity index (χ0n) is 27.2. The first-order chi connectivity index (χ1) is 20.4. The molecule has 0 spiro atoms. The Balaban J connectivity index is 0.000000699. The average molecular weight is 618 g/mol. The SMILES string of the molecule is CCCc1cc(C#N)ccn1.C\C=C(C(/C(C)=N/C=C/CC)=C(/C)N1CCN(C(=O)OC(CC)CC)C(C)C1)\C(F)(F)P. The molecule has 1 aromatic rings. The van der Waals surface area contributed by atoms with Crippen LogP contribution in [0.3, 0.4) is 0 Å².